The molecule has 0 aliphatic carbocycles. The fourth-order valence-electron chi connectivity index (χ4n) is 2.44. The number of halogens is 1. The van der Waals surface area contributed by atoms with Crippen LogP contribution in [0.5, 0.6) is 17.2 Å². The quantitative estimate of drug-likeness (QED) is 0.807. The number of hydrogen-bond acceptors (Lipinski definition) is 5. The number of ether oxygens (including phenoxy) is 2. The van der Waals surface area contributed by atoms with Gasteiger partial charge in [-0.15, -0.1) is 0 Å². The van der Waals surface area contributed by atoms with E-state index in [2.05, 4.69) is 5.32 Å². The molecule has 1 N–H and O–H groups in total. The smallest absolute Gasteiger partial charge is 0.286 e. The lowest BCUT2D eigenvalue weighted by molar-refractivity contribution is -0.118. The number of hydrogen-bond donors (Lipinski definition) is 1. The molecule has 130 valence electrons. The molecular formula is C18H16ClNO4S. The van der Waals surface area contributed by atoms with Crippen LogP contribution in [0, 0.1) is 0 Å². The fourth-order valence-corrected chi connectivity index (χ4v) is 3.46. The third-order valence-electron chi connectivity index (χ3n) is 3.58. The van der Waals surface area contributed by atoms with Crippen LogP contribution >= 0.6 is 23.4 Å². The highest BCUT2D eigenvalue weighted by Gasteiger charge is 2.32. The second-order valence-corrected chi connectivity index (χ2v) is 6.91. The van der Waals surface area contributed by atoms with Crippen molar-refractivity contribution in [1.82, 2.24) is 5.32 Å². The van der Waals surface area contributed by atoms with Crippen LogP contribution in [0.2, 0.25) is 5.02 Å². The van der Waals surface area contributed by atoms with Crippen molar-refractivity contribution < 1.29 is 19.1 Å². The highest BCUT2D eigenvalue weighted by atomic mass is 35.5. The Morgan fingerprint density at radius 3 is 2.64 bits per heavy atom. The summed E-state index contributed by atoms with van der Waals surface area (Å²) in [7, 11) is 0. The Morgan fingerprint density at radius 1 is 1.16 bits per heavy atom. The van der Waals surface area contributed by atoms with Crippen LogP contribution in [0.3, 0.4) is 0 Å². The maximum atomic E-state index is 11.8. The summed E-state index contributed by atoms with van der Waals surface area (Å²) in [5.41, 5.74) is 0.843. The summed E-state index contributed by atoms with van der Waals surface area (Å²) in [4.78, 5) is 23.1. The molecule has 2 amide bonds. The maximum absolute atomic E-state index is 11.8. The van der Waals surface area contributed by atoms with Gasteiger partial charge in [0, 0.05) is 6.07 Å². The van der Waals surface area contributed by atoms with Gasteiger partial charge in [0.15, 0.2) is 0 Å². The Labute approximate surface area is 154 Å². The monoisotopic (exact) mass is 377 g/mol. The standard InChI is InChI=1S/C18H16ClNO4S/c1-2-23-15-10-12(24-14-6-4-3-5-13(14)19)8-7-11(15)9-16-17(21)20-18(22)25-16/h3-8,10,16H,2,9H2,1H3,(H,20,21,22). The van der Waals surface area contributed by atoms with E-state index in [1.54, 1.807) is 24.3 Å². The fraction of sp³-hybridized carbons (Fsp3) is 0.222. The lowest BCUT2D eigenvalue weighted by Crippen LogP contribution is -2.25. The van der Waals surface area contributed by atoms with Crippen molar-refractivity contribution in [2.75, 3.05) is 6.61 Å². The average molecular weight is 378 g/mol. The molecule has 2 aromatic rings. The summed E-state index contributed by atoms with van der Waals surface area (Å²) in [5, 5.41) is 2.05. The summed E-state index contributed by atoms with van der Waals surface area (Å²) < 4.78 is 11.5. The zero-order valence-electron chi connectivity index (χ0n) is 13.5. The Balaban J connectivity index is 1.81. The molecule has 0 spiro atoms. The maximum Gasteiger partial charge on any atom is 0.286 e. The normalized spacial score (nSPS) is 16.6. The van der Waals surface area contributed by atoms with Crippen molar-refractivity contribution >= 4 is 34.5 Å². The molecule has 1 unspecified atom stereocenters. The predicted molar refractivity (Wildman–Crippen MR) is 97.8 cm³/mol. The van der Waals surface area contributed by atoms with Gasteiger partial charge in [-0.25, -0.2) is 0 Å². The van der Waals surface area contributed by atoms with E-state index in [-0.39, 0.29) is 11.1 Å². The van der Waals surface area contributed by atoms with E-state index in [4.69, 9.17) is 21.1 Å². The summed E-state index contributed by atoms with van der Waals surface area (Å²) in [6.45, 7) is 2.36. The Hall–Kier alpha value is -2.18. The second-order valence-electron chi connectivity index (χ2n) is 5.32. The summed E-state index contributed by atoms with van der Waals surface area (Å²) in [6.07, 6.45) is 0.407. The van der Waals surface area contributed by atoms with E-state index < -0.39 is 5.25 Å². The number of para-hydroxylation sites is 1. The minimum atomic E-state index is -0.443. The molecular weight excluding hydrogens is 362 g/mol. The Kier molecular flexibility index (Phi) is 5.50. The van der Waals surface area contributed by atoms with E-state index >= 15 is 0 Å². The summed E-state index contributed by atoms with van der Waals surface area (Å²) >= 11 is 7.11. The molecule has 1 aliphatic rings. The van der Waals surface area contributed by atoms with Crippen LogP contribution in [-0.4, -0.2) is 23.0 Å². The van der Waals surface area contributed by atoms with Gasteiger partial charge in [-0.2, -0.15) is 0 Å². The van der Waals surface area contributed by atoms with Gasteiger partial charge < -0.3 is 9.47 Å². The van der Waals surface area contributed by atoms with Crippen LogP contribution < -0.4 is 14.8 Å². The molecule has 1 heterocycles. The lowest BCUT2D eigenvalue weighted by atomic mass is 10.1. The average Bonchev–Trinajstić information content (AvgIpc) is 2.90. The number of imide groups is 1. The number of benzene rings is 2. The van der Waals surface area contributed by atoms with E-state index in [9.17, 15) is 9.59 Å². The number of carbonyl (C=O) groups excluding carboxylic acids is 2. The molecule has 5 nitrogen and oxygen atoms in total. The molecule has 0 aromatic heterocycles. The second kappa shape index (κ2) is 7.80. The first kappa shape index (κ1) is 17.6. The van der Waals surface area contributed by atoms with Gasteiger partial charge in [-0.05, 0) is 37.1 Å². The lowest BCUT2D eigenvalue weighted by Gasteiger charge is -2.14. The van der Waals surface area contributed by atoms with Gasteiger partial charge in [0.1, 0.15) is 17.2 Å². The third-order valence-corrected chi connectivity index (χ3v) is 4.87. The molecule has 25 heavy (non-hydrogen) atoms. The molecule has 3 rings (SSSR count). The van der Waals surface area contributed by atoms with Gasteiger partial charge in [0.2, 0.25) is 5.91 Å². The summed E-state index contributed by atoms with van der Waals surface area (Å²) in [6, 6.07) is 12.6. The van der Waals surface area contributed by atoms with E-state index in [1.807, 2.05) is 25.1 Å². The van der Waals surface area contributed by atoms with Crippen molar-refractivity contribution in [2.24, 2.45) is 0 Å². The van der Waals surface area contributed by atoms with E-state index in [0.717, 1.165) is 17.3 Å². The van der Waals surface area contributed by atoms with Crippen molar-refractivity contribution in [1.29, 1.82) is 0 Å². The molecule has 2 aromatic carbocycles. The summed E-state index contributed by atoms with van der Waals surface area (Å²) in [5.74, 6) is 1.49. The largest absolute Gasteiger partial charge is 0.493 e. The molecule has 0 radical (unpaired) electrons. The van der Waals surface area contributed by atoms with E-state index in [0.29, 0.717) is 35.3 Å². The van der Waals surface area contributed by atoms with Crippen LogP contribution in [0.15, 0.2) is 42.5 Å². The SMILES string of the molecule is CCOc1cc(Oc2ccccc2Cl)ccc1CC1SC(=O)NC1=O. The van der Waals surface area contributed by atoms with Crippen molar-refractivity contribution in [2.45, 2.75) is 18.6 Å². The number of nitrogens with one attached hydrogen (secondary N) is 1. The Bertz CT molecular complexity index is 811. The molecule has 0 bridgehead atoms. The number of rotatable bonds is 6. The number of carbonyl (C=O) groups is 2. The molecule has 7 heteroatoms. The number of thioether (sulfide) groups is 1. The van der Waals surface area contributed by atoms with Crippen molar-refractivity contribution in [3.05, 3.63) is 53.1 Å². The molecule has 1 aliphatic heterocycles. The molecule has 1 fully saturated rings. The van der Waals surface area contributed by atoms with Gasteiger partial charge in [-0.1, -0.05) is 41.6 Å². The minimum absolute atomic E-state index is 0.270. The van der Waals surface area contributed by atoms with Crippen molar-refractivity contribution in [3.8, 4) is 17.2 Å². The number of amides is 2. The van der Waals surface area contributed by atoms with Gasteiger partial charge in [-0.3, -0.25) is 14.9 Å². The zero-order valence-corrected chi connectivity index (χ0v) is 15.0. The first-order chi connectivity index (χ1) is 12.1. The van der Waals surface area contributed by atoms with Crippen LogP contribution in [0.4, 0.5) is 4.79 Å². The topological polar surface area (TPSA) is 64.6 Å². The predicted octanol–water partition coefficient (Wildman–Crippen LogP) is 4.43. The van der Waals surface area contributed by atoms with Gasteiger partial charge in [0.05, 0.1) is 16.9 Å². The highest BCUT2D eigenvalue weighted by molar-refractivity contribution is 8.15. The first-order valence-electron chi connectivity index (χ1n) is 7.76. The third kappa shape index (κ3) is 4.27. The first-order valence-corrected chi connectivity index (χ1v) is 9.02. The van der Waals surface area contributed by atoms with Gasteiger partial charge >= 0.3 is 0 Å². The van der Waals surface area contributed by atoms with Crippen LogP contribution in [0.1, 0.15) is 12.5 Å². The minimum Gasteiger partial charge on any atom is -0.493 e. The zero-order chi connectivity index (χ0) is 17.8. The Morgan fingerprint density at radius 2 is 1.96 bits per heavy atom. The van der Waals surface area contributed by atoms with Crippen LogP contribution in [0.25, 0.3) is 0 Å². The van der Waals surface area contributed by atoms with Gasteiger partial charge in [0.25, 0.3) is 5.24 Å². The molecule has 1 saturated heterocycles. The molecule has 0 saturated carbocycles. The molecule has 1 atom stereocenters. The highest BCUT2D eigenvalue weighted by Crippen LogP contribution is 2.34. The van der Waals surface area contributed by atoms with Crippen molar-refractivity contribution in [3.63, 3.8) is 0 Å². The van der Waals surface area contributed by atoms with Crippen LogP contribution in [-0.2, 0) is 11.2 Å². The van der Waals surface area contributed by atoms with E-state index in [1.165, 1.54) is 0 Å².